The third kappa shape index (κ3) is 3.06. The van der Waals surface area contributed by atoms with Gasteiger partial charge in [-0.15, -0.1) is 0 Å². The fraction of sp³-hybridized carbons (Fsp3) is 0.250. The van der Waals surface area contributed by atoms with Gasteiger partial charge < -0.3 is 15.8 Å². The summed E-state index contributed by atoms with van der Waals surface area (Å²) in [6.07, 6.45) is 0.937. The Morgan fingerprint density at radius 2 is 1.84 bits per heavy atom. The molecule has 3 nitrogen and oxygen atoms in total. The molecule has 19 heavy (non-hydrogen) atoms. The molecule has 2 aromatic carbocycles. The third-order valence-corrected chi connectivity index (χ3v) is 3.24. The van der Waals surface area contributed by atoms with Crippen LogP contribution in [-0.2, 0) is 6.42 Å². The van der Waals surface area contributed by atoms with E-state index < -0.39 is 0 Å². The van der Waals surface area contributed by atoms with Crippen molar-refractivity contribution in [2.75, 3.05) is 26.4 Å². The number of benzene rings is 2. The molecule has 0 amide bonds. The van der Waals surface area contributed by atoms with Crippen molar-refractivity contribution < 1.29 is 4.74 Å². The molecule has 0 spiro atoms. The maximum absolute atomic E-state index is 6.27. The van der Waals surface area contributed by atoms with Gasteiger partial charge in [0.25, 0.3) is 0 Å². The van der Waals surface area contributed by atoms with Crippen molar-refractivity contribution in [1.29, 1.82) is 0 Å². The highest BCUT2D eigenvalue weighted by molar-refractivity contribution is 5.78. The number of ether oxygens (including phenoxy) is 1. The molecular formula is C16H20N2O. The predicted octanol–water partition coefficient (Wildman–Crippen LogP) is 2.71. The highest BCUT2D eigenvalue weighted by Crippen LogP contribution is 2.30. The Labute approximate surface area is 114 Å². The molecule has 0 fully saturated rings. The lowest BCUT2D eigenvalue weighted by atomic mass is 9.99. The second kappa shape index (κ2) is 6.25. The van der Waals surface area contributed by atoms with Gasteiger partial charge in [0.2, 0.25) is 0 Å². The number of nitrogens with two attached hydrogens (primary N) is 1. The van der Waals surface area contributed by atoms with Crippen LogP contribution < -0.4 is 15.8 Å². The van der Waals surface area contributed by atoms with Gasteiger partial charge in [-0.1, -0.05) is 30.3 Å². The van der Waals surface area contributed by atoms with E-state index in [0.29, 0.717) is 0 Å². The van der Waals surface area contributed by atoms with Crippen LogP contribution in [0.4, 0.5) is 5.69 Å². The molecule has 0 bridgehead atoms. The standard InChI is InChI=1S/C16H20N2O/c1-18-11-10-13-4-3-5-15(16(13)17)12-6-8-14(19-2)9-7-12/h3-9,18H,10-11,17H2,1-2H3. The number of methoxy groups -OCH3 is 1. The van der Waals surface area contributed by atoms with Gasteiger partial charge in [-0.2, -0.15) is 0 Å². The van der Waals surface area contributed by atoms with E-state index in [-0.39, 0.29) is 0 Å². The molecule has 0 saturated heterocycles. The third-order valence-electron chi connectivity index (χ3n) is 3.24. The Morgan fingerprint density at radius 1 is 1.11 bits per heavy atom. The minimum absolute atomic E-state index is 0.855. The first-order valence-corrected chi connectivity index (χ1v) is 6.42. The summed E-state index contributed by atoms with van der Waals surface area (Å²) in [4.78, 5) is 0. The number of rotatable bonds is 5. The van der Waals surface area contributed by atoms with E-state index in [4.69, 9.17) is 10.5 Å². The SMILES string of the molecule is CNCCc1cccc(-c2ccc(OC)cc2)c1N. The molecule has 3 N–H and O–H groups in total. The molecule has 3 heteroatoms. The number of likely N-dealkylation sites (N-methyl/N-ethyl adjacent to an activating group) is 1. The molecule has 0 aliphatic carbocycles. The number of hydrogen-bond acceptors (Lipinski definition) is 3. The van der Waals surface area contributed by atoms with Crippen LogP contribution in [0.2, 0.25) is 0 Å². The topological polar surface area (TPSA) is 47.3 Å². The minimum atomic E-state index is 0.855. The molecule has 100 valence electrons. The van der Waals surface area contributed by atoms with Gasteiger partial charge in [0.1, 0.15) is 5.75 Å². The van der Waals surface area contributed by atoms with Crippen molar-refractivity contribution in [2.45, 2.75) is 6.42 Å². The summed E-state index contributed by atoms with van der Waals surface area (Å²) in [5, 5.41) is 3.15. The van der Waals surface area contributed by atoms with Crippen LogP contribution in [-0.4, -0.2) is 20.7 Å². The minimum Gasteiger partial charge on any atom is -0.497 e. The second-order valence-electron chi connectivity index (χ2n) is 4.46. The first-order chi connectivity index (χ1) is 9.26. The largest absolute Gasteiger partial charge is 0.497 e. The van der Waals surface area contributed by atoms with Crippen molar-refractivity contribution in [3.8, 4) is 16.9 Å². The fourth-order valence-corrected chi connectivity index (χ4v) is 2.11. The number of nitrogens with one attached hydrogen (secondary N) is 1. The lowest BCUT2D eigenvalue weighted by Gasteiger charge is -2.11. The van der Waals surface area contributed by atoms with E-state index in [1.165, 1.54) is 5.56 Å². The predicted molar refractivity (Wildman–Crippen MR) is 80.5 cm³/mol. The molecule has 0 unspecified atom stereocenters. The van der Waals surface area contributed by atoms with Crippen molar-refractivity contribution in [1.82, 2.24) is 5.32 Å². The molecule has 0 heterocycles. The summed E-state index contributed by atoms with van der Waals surface area (Å²) in [6.45, 7) is 0.927. The Balaban J connectivity index is 2.32. The van der Waals surface area contributed by atoms with Crippen molar-refractivity contribution >= 4 is 5.69 Å². The Kier molecular flexibility index (Phi) is 4.42. The molecule has 0 aliphatic heterocycles. The van der Waals surface area contributed by atoms with E-state index in [1.54, 1.807) is 7.11 Å². The normalized spacial score (nSPS) is 10.4. The van der Waals surface area contributed by atoms with Crippen LogP contribution in [0.1, 0.15) is 5.56 Å². The summed E-state index contributed by atoms with van der Waals surface area (Å²) < 4.78 is 5.17. The van der Waals surface area contributed by atoms with Crippen LogP contribution in [0.15, 0.2) is 42.5 Å². The first-order valence-electron chi connectivity index (χ1n) is 6.42. The highest BCUT2D eigenvalue weighted by Gasteiger charge is 2.06. The zero-order valence-electron chi connectivity index (χ0n) is 11.4. The van der Waals surface area contributed by atoms with Crippen molar-refractivity contribution in [3.63, 3.8) is 0 Å². The zero-order chi connectivity index (χ0) is 13.7. The van der Waals surface area contributed by atoms with Gasteiger partial charge in [-0.05, 0) is 43.3 Å². The summed E-state index contributed by atoms with van der Waals surface area (Å²) in [5.74, 6) is 0.855. The van der Waals surface area contributed by atoms with Gasteiger partial charge in [-0.25, -0.2) is 0 Å². The van der Waals surface area contributed by atoms with Crippen LogP contribution in [0.3, 0.4) is 0 Å². The summed E-state index contributed by atoms with van der Waals surface area (Å²) in [5.41, 5.74) is 10.5. The van der Waals surface area contributed by atoms with Gasteiger partial charge in [-0.3, -0.25) is 0 Å². The average Bonchev–Trinajstić information content (AvgIpc) is 2.46. The van der Waals surface area contributed by atoms with Crippen molar-refractivity contribution in [2.24, 2.45) is 0 Å². The van der Waals surface area contributed by atoms with Crippen molar-refractivity contribution in [3.05, 3.63) is 48.0 Å². The number of para-hydroxylation sites is 1. The van der Waals surface area contributed by atoms with E-state index in [9.17, 15) is 0 Å². The summed E-state index contributed by atoms with van der Waals surface area (Å²) in [6, 6.07) is 14.2. The number of nitrogen functional groups attached to an aromatic ring is 1. The molecule has 0 saturated carbocycles. The first kappa shape index (κ1) is 13.4. The van der Waals surface area contributed by atoms with E-state index in [2.05, 4.69) is 23.5 Å². The Bertz CT molecular complexity index is 535. The van der Waals surface area contributed by atoms with E-state index >= 15 is 0 Å². The maximum atomic E-state index is 6.27. The summed E-state index contributed by atoms with van der Waals surface area (Å²) in [7, 11) is 3.62. The fourth-order valence-electron chi connectivity index (χ4n) is 2.11. The van der Waals surface area contributed by atoms with Gasteiger partial charge in [0, 0.05) is 11.3 Å². The van der Waals surface area contributed by atoms with Gasteiger partial charge in [0.05, 0.1) is 7.11 Å². The summed E-state index contributed by atoms with van der Waals surface area (Å²) >= 11 is 0. The number of hydrogen-bond donors (Lipinski definition) is 2. The molecule has 0 radical (unpaired) electrons. The smallest absolute Gasteiger partial charge is 0.118 e. The van der Waals surface area contributed by atoms with Crippen LogP contribution >= 0.6 is 0 Å². The van der Waals surface area contributed by atoms with Crippen LogP contribution in [0, 0.1) is 0 Å². The molecule has 0 aliphatic rings. The highest BCUT2D eigenvalue weighted by atomic mass is 16.5. The van der Waals surface area contributed by atoms with Gasteiger partial charge >= 0.3 is 0 Å². The monoisotopic (exact) mass is 256 g/mol. The van der Waals surface area contributed by atoms with Crippen LogP contribution in [0.5, 0.6) is 5.75 Å². The molecule has 2 aromatic rings. The zero-order valence-corrected chi connectivity index (χ0v) is 11.4. The second-order valence-corrected chi connectivity index (χ2v) is 4.46. The lowest BCUT2D eigenvalue weighted by molar-refractivity contribution is 0.415. The van der Waals surface area contributed by atoms with Crippen LogP contribution in [0.25, 0.3) is 11.1 Å². The maximum Gasteiger partial charge on any atom is 0.118 e. The Morgan fingerprint density at radius 3 is 2.47 bits per heavy atom. The quantitative estimate of drug-likeness (QED) is 0.809. The Hall–Kier alpha value is -2.00. The molecule has 2 rings (SSSR count). The molecule has 0 aromatic heterocycles. The molecular weight excluding hydrogens is 236 g/mol. The van der Waals surface area contributed by atoms with Gasteiger partial charge in [0.15, 0.2) is 0 Å². The molecule has 0 atom stereocenters. The lowest BCUT2D eigenvalue weighted by Crippen LogP contribution is -2.11. The van der Waals surface area contributed by atoms with E-state index in [1.807, 2.05) is 31.3 Å². The van der Waals surface area contributed by atoms with E-state index in [0.717, 1.165) is 35.5 Å². The average molecular weight is 256 g/mol. The number of anilines is 1.